The van der Waals surface area contributed by atoms with Gasteiger partial charge in [0.1, 0.15) is 17.3 Å². The number of methoxy groups -OCH3 is 2. The minimum Gasteiger partial charge on any atom is -0.497 e. The number of aromatic nitrogens is 2. The first kappa shape index (κ1) is 21.5. The van der Waals surface area contributed by atoms with Gasteiger partial charge in [-0.15, -0.1) is 11.3 Å². The van der Waals surface area contributed by atoms with Gasteiger partial charge in [0, 0.05) is 48.7 Å². The van der Waals surface area contributed by atoms with Crippen LogP contribution in [0.3, 0.4) is 0 Å². The van der Waals surface area contributed by atoms with Gasteiger partial charge in [-0.2, -0.15) is 0 Å². The van der Waals surface area contributed by atoms with Crippen LogP contribution in [0.4, 0.5) is 0 Å². The van der Waals surface area contributed by atoms with Crippen LogP contribution in [0.1, 0.15) is 39.8 Å². The van der Waals surface area contributed by atoms with Gasteiger partial charge >= 0.3 is 0 Å². The summed E-state index contributed by atoms with van der Waals surface area (Å²) in [4.78, 5) is 20.6. The van der Waals surface area contributed by atoms with Gasteiger partial charge in [0.25, 0.3) is 5.91 Å². The number of benzene rings is 2. The Hall–Kier alpha value is -3.32. The van der Waals surface area contributed by atoms with Crippen molar-refractivity contribution in [1.29, 1.82) is 0 Å². The summed E-state index contributed by atoms with van der Waals surface area (Å²) in [5.41, 5.74) is 1.10. The molecule has 0 saturated carbocycles. The lowest BCUT2D eigenvalue weighted by Gasteiger charge is -2.31. The highest BCUT2D eigenvalue weighted by molar-refractivity contribution is 7.20. The Balaban J connectivity index is 1.27. The van der Waals surface area contributed by atoms with Crippen LogP contribution in [0.15, 0.2) is 60.9 Å². The summed E-state index contributed by atoms with van der Waals surface area (Å²) in [6, 6.07) is 16.1. The molecule has 0 bridgehead atoms. The molecule has 0 radical (unpaired) electrons. The van der Waals surface area contributed by atoms with Crippen molar-refractivity contribution in [3.05, 3.63) is 77.2 Å². The Bertz CT molecular complexity index is 1220. The predicted octanol–water partition coefficient (Wildman–Crippen LogP) is 5.18. The Kier molecular flexibility index (Phi) is 6.05. The molecule has 1 aliphatic heterocycles. The van der Waals surface area contributed by atoms with Gasteiger partial charge in [-0.05, 0) is 48.1 Å². The molecule has 1 aliphatic rings. The summed E-state index contributed by atoms with van der Waals surface area (Å²) in [7, 11) is 3.32. The Morgan fingerprint density at radius 3 is 2.48 bits per heavy atom. The van der Waals surface area contributed by atoms with E-state index in [0.717, 1.165) is 63.8 Å². The highest BCUT2D eigenvalue weighted by Crippen LogP contribution is 2.31. The van der Waals surface area contributed by atoms with Crippen LogP contribution in [-0.2, 0) is 6.54 Å². The maximum absolute atomic E-state index is 13.1. The highest BCUT2D eigenvalue weighted by atomic mass is 32.1. The number of ether oxygens (including phenoxy) is 2. The van der Waals surface area contributed by atoms with Gasteiger partial charge in [0.2, 0.25) is 0 Å². The second-order valence-corrected chi connectivity index (χ2v) is 9.43. The smallest absolute Gasteiger partial charge is 0.263 e. The van der Waals surface area contributed by atoms with Crippen LogP contribution in [0.25, 0.3) is 10.1 Å². The number of carbonyl (C=O) groups excluding carboxylic acids is 1. The van der Waals surface area contributed by atoms with Crippen LogP contribution >= 0.6 is 11.3 Å². The lowest BCUT2D eigenvalue weighted by Crippen LogP contribution is -2.38. The second-order valence-electron chi connectivity index (χ2n) is 8.35. The van der Waals surface area contributed by atoms with E-state index < -0.39 is 0 Å². The van der Waals surface area contributed by atoms with Gasteiger partial charge in [-0.3, -0.25) is 4.79 Å². The molecule has 7 heteroatoms. The molecule has 1 amide bonds. The van der Waals surface area contributed by atoms with Gasteiger partial charge < -0.3 is 18.9 Å². The Labute approximate surface area is 197 Å². The average molecular weight is 462 g/mol. The highest BCUT2D eigenvalue weighted by Gasteiger charge is 2.27. The van der Waals surface area contributed by atoms with E-state index in [1.807, 2.05) is 53.7 Å². The van der Waals surface area contributed by atoms with E-state index in [1.54, 1.807) is 25.6 Å². The zero-order valence-electron chi connectivity index (χ0n) is 18.9. The Morgan fingerprint density at radius 2 is 1.79 bits per heavy atom. The third-order valence-electron chi connectivity index (χ3n) is 6.30. The zero-order chi connectivity index (χ0) is 22.8. The van der Waals surface area contributed by atoms with E-state index in [2.05, 4.69) is 21.7 Å². The molecule has 5 rings (SSSR count). The van der Waals surface area contributed by atoms with Gasteiger partial charge in [0.05, 0.1) is 19.1 Å². The maximum Gasteiger partial charge on any atom is 0.263 e. The van der Waals surface area contributed by atoms with Crippen molar-refractivity contribution in [2.24, 2.45) is 0 Å². The molecule has 0 atom stereocenters. The summed E-state index contributed by atoms with van der Waals surface area (Å²) >= 11 is 1.58. The summed E-state index contributed by atoms with van der Waals surface area (Å²) in [6.45, 7) is 2.19. The first-order chi connectivity index (χ1) is 16.1. The predicted molar refractivity (Wildman–Crippen MR) is 131 cm³/mol. The number of hydrogen-bond acceptors (Lipinski definition) is 5. The third-order valence-corrected chi connectivity index (χ3v) is 7.40. The summed E-state index contributed by atoms with van der Waals surface area (Å²) in [5.74, 6) is 3.10. The van der Waals surface area contributed by atoms with Gasteiger partial charge in [-0.25, -0.2) is 4.98 Å². The molecule has 1 saturated heterocycles. The number of carbonyl (C=O) groups is 1. The number of nitrogens with zero attached hydrogens (tertiary/aromatic N) is 3. The normalized spacial score (nSPS) is 14.5. The van der Waals surface area contributed by atoms with Crippen molar-refractivity contribution in [3.8, 4) is 11.5 Å². The molecule has 0 aliphatic carbocycles. The summed E-state index contributed by atoms with van der Waals surface area (Å²) in [5, 5.41) is 1.14. The van der Waals surface area contributed by atoms with Crippen LogP contribution in [0.2, 0.25) is 0 Å². The van der Waals surface area contributed by atoms with E-state index in [-0.39, 0.29) is 5.91 Å². The van der Waals surface area contributed by atoms with Gasteiger partial charge in [0.15, 0.2) is 0 Å². The molecule has 0 N–H and O–H groups in total. The lowest BCUT2D eigenvalue weighted by molar-refractivity contribution is 0.0715. The van der Waals surface area contributed by atoms with Crippen LogP contribution in [-0.4, -0.2) is 47.7 Å². The van der Waals surface area contributed by atoms with E-state index in [9.17, 15) is 4.79 Å². The quantitative estimate of drug-likeness (QED) is 0.397. The number of piperidine rings is 1. The second kappa shape index (κ2) is 9.27. The molecule has 170 valence electrons. The van der Waals surface area contributed by atoms with Crippen molar-refractivity contribution in [2.45, 2.75) is 25.3 Å². The van der Waals surface area contributed by atoms with E-state index in [4.69, 9.17) is 9.47 Å². The first-order valence-electron chi connectivity index (χ1n) is 11.2. The van der Waals surface area contributed by atoms with Crippen molar-refractivity contribution in [1.82, 2.24) is 14.5 Å². The first-order valence-corrected chi connectivity index (χ1v) is 12.0. The number of likely N-dealkylation sites (tertiary alicyclic amines) is 1. The fourth-order valence-electron chi connectivity index (χ4n) is 4.55. The van der Waals surface area contributed by atoms with Crippen molar-refractivity contribution < 1.29 is 14.3 Å². The minimum atomic E-state index is 0.140. The monoisotopic (exact) mass is 461 g/mol. The molecule has 4 aromatic rings. The number of imidazole rings is 1. The molecule has 3 heterocycles. The molecule has 0 unspecified atom stereocenters. The molecule has 2 aromatic heterocycles. The summed E-state index contributed by atoms with van der Waals surface area (Å²) < 4.78 is 14.2. The zero-order valence-corrected chi connectivity index (χ0v) is 19.7. The third kappa shape index (κ3) is 4.46. The fourth-order valence-corrected chi connectivity index (χ4v) is 5.58. The number of amides is 1. The Morgan fingerprint density at radius 1 is 1.06 bits per heavy atom. The van der Waals surface area contributed by atoms with Crippen LogP contribution in [0, 0.1) is 0 Å². The maximum atomic E-state index is 13.1. The topological polar surface area (TPSA) is 56.6 Å². The average Bonchev–Trinajstić information content (AvgIpc) is 3.50. The van der Waals surface area contributed by atoms with Crippen molar-refractivity contribution in [3.63, 3.8) is 0 Å². The standard InChI is InChI=1S/C26H27N3O3S/c1-31-21-13-18(14-22(16-21)32-2)17-29-12-9-27-25(29)19-7-10-28(11-8-19)26(30)24-15-20-5-3-4-6-23(20)33-24/h3-6,9,12-16,19H,7-8,10-11,17H2,1-2H3. The number of thiophene rings is 1. The minimum absolute atomic E-state index is 0.140. The molecule has 33 heavy (non-hydrogen) atoms. The molecule has 2 aromatic carbocycles. The molecule has 1 fully saturated rings. The van der Waals surface area contributed by atoms with Gasteiger partial charge in [-0.1, -0.05) is 18.2 Å². The lowest BCUT2D eigenvalue weighted by atomic mass is 9.95. The van der Waals surface area contributed by atoms with Crippen LogP contribution in [0.5, 0.6) is 11.5 Å². The summed E-state index contributed by atoms with van der Waals surface area (Å²) in [6.07, 6.45) is 5.71. The van der Waals surface area contributed by atoms with Crippen molar-refractivity contribution in [2.75, 3.05) is 27.3 Å². The molecule has 0 spiro atoms. The molecular weight excluding hydrogens is 434 g/mol. The largest absolute Gasteiger partial charge is 0.497 e. The fraction of sp³-hybridized carbons (Fsp3) is 0.308. The number of hydrogen-bond donors (Lipinski definition) is 0. The molecule has 6 nitrogen and oxygen atoms in total. The van der Waals surface area contributed by atoms with E-state index in [0.29, 0.717) is 12.5 Å². The number of fused-ring (bicyclic) bond motifs is 1. The van der Waals surface area contributed by atoms with Crippen LogP contribution < -0.4 is 9.47 Å². The number of rotatable bonds is 6. The van der Waals surface area contributed by atoms with E-state index in [1.165, 1.54) is 0 Å². The van der Waals surface area contributed by atoms with Crippen molar-refractivity contribution >= 4 is 27.3 Å². The SMILES string of the molecule is COc1cc(Cn2ccnc2C2CCN(C(=O)c3cc4ccccc4s3)CC2)cc(OC)c1. The van der Waals surface area contributed by atoms with E-state index >= 15 is 0 Å². The molecular formula is C26H27N3O3S.